The topological polar surface area (TPSA) is 55.9 Å². The maximum atomic E-state index is 5.78. The lowest BCUT2D eigenvalue weighted by Crippen LogP contribution is -2.29. The van der Waals surface area contributed by atoms with E-state index in [0.717, 1.165) is 31.4 Å². The Morgan fingerprint density at radius 2 is 2.05 bits per heavy atom. The average molecular weight is 306 g/mol. The molecule has 5 heteroatoms. The highest BCUT2D eigenvalue weighted by atomic mass is 32.1. The fourth-order valence-corrected chi connectivity index (χ4v) is 3.79. The largest absolute Gasteiger partial charge is 0.271 e. The number of nitrogens with zero attached hydrogens (tertiary/aromatic N) is 2. The average Bonchev–Trinajstić information content (AvgIpc) is 3.15. The molecule has 2 heterocycles. The molecule has 0 aromatic carbocycles. The van der Waals surface area contributed by atoms with E-state index in [4.69, 9.17) is 10.9 Å². The van der Waals surface area contributed by atoms with Crippen LogP contribution in [0.5, 0.6) is 0 Å². The molecule has 116 valence electrons. The van der Waals surface area contributed by atoms with Crippen LogP contribution in [0.25, 0.3) is 0 Å². The zero-order valence-corrected chi connectivity index (χ0v) is 14.0. The summed E-state index contributed by atoms with van der Waals surface area (Å²) in [5.74, 6) is 5.78. The van der Waals surface area contributed by atoms with Gasteiger partial charge >= 0.3 is 0 Å². The summed E-state index contributed by atoms with van der Waals surface area (Å²) in [6, 6.07) is 4.94. The summed E-state index contributed by atoms with van der Waals surface area (Å²) in [5.41, 5.74) is 5.43. The van der Waals surface area contributed by atoms with Gasteiger partial charge in [-0.05, 0) is 42.3 Å². The zero-order chi connectivity index (χ0) is 15.2. The van der Waals surface area contributed by atoms with E-state index in [1.807, 2.05) is 0 Å². The quantitative estimate of drug-likeness (QED) is 0.578. The molecule has 2 aromatic rings. The van der Waals surface area contributed by atoms with Crippen LogP contribution in [0.2, 0.25) is 0 Å². The van der Waals surface area contributed by atoms with Crippen molar-refractivity contribution in [1.29, 1.82) is 0 Å². The number of nitrogens with two attached hydrogens (primary N) is 1. The number of hydrazine groups is 1. The number of aromatic nitrogens is 2. The lowest BCUT2D eigenvalue weighted by atomic mass is 10.1. The SMILES string of the molecule is CCc1ccsc1C(Cc1ccn(C(CC)CC)n1)NN. The third-order valence-electron chi connectivity index (χ3n) is 4.07. The van der Waals surface area contributed by atoms with Crippen LogP contribution in [-0.2, 0) is 12.8 Å². The predicted octanol–water partition coefficient (Wildman–Crippen LogP) is 3.62. The van der Waals surface area contributed by atoms with E-state index in [1.54, 1.807) is 11.3 Å². The number of hydrogen-bond acceptors (Lipinski definition) is 4. The van der Waals surface area contributed by atoms with Crippen molar-refractivity contribution in [3.8, 4) is 0 Å². The molecule has 2 aromatic heterocycles. The first-order valence-corrected chi connectivity index (χ1v) is 8.67. The number of aryl methyl sites for hydroxylation is 1. The molecule has 0 aliphatic rings. The molecule has 1 unspecified atom stereocenters. The summed E-state index contributed by atoms with van der Waals surface area (Å²) in [5, 5.41) is 6.87. The fraction of sp³-hybridized carbons (Fsp3) is 0.562. The molecule has 4 nitrogen and oxygen atoms in total. The van der Waals surface area contributed by atoms with E-state index in [2.05, 4.69) is 54.6 Å². The Bertz CT molecular complexity index is 542. The summed E-state index contributed by atoms with van der Waals surface area (Å²) in [7, 11) is 0. The van der Waals surface area contributed by atoms with Gasteiger partial charge in [-0.3, -0.25) is 16.0 Å². The minimum absolute atomic E-state index is 0.144. The molecule has 0 bridgehead atoms. The Morgan fingerprint density at radius 3 is 2.67 bits per heavy atom. The molecule has 0 aliphatic carbocycles. The molecule has 1 atom stereocenters. The Morgan fingerprint density at radius 1 is 1.29 bits per heavy atom. The molecule has 0 saturated carbocycles. The number of nitrogens with one attached hydrogen (secondary N) is 1. The third kappa shape index (κ3) is 3.73. The van der Waals surface area contributed by atoms with Crippen molar-refractivity contribution in [2.45, 2.75) is 58.5 Å². The first kappa shape index (κ1) is 16.2. The zero-order valence-electron chi connectivity index (χ0n) is 13.2. The standard InChI is InChI=1S/C16H26N4S/c1-4-12-8-10-21-16(12)15(18-17)11-13-7-9-20(19-13)14(5-2)6-3/h7-10,14-15,18H,4-6,11,17H2,1-3H3. The molecule has 0 saturated heterocycles. The van der Waals surface area contributed by atoms with E-state index < -0.39 is 0 Å². The second kappa shape index (κ2) is 7.73. The minimum Gasteiger partial charge on any atom is -0.271 e. The summed E-state index contributed by atoms with van der Waals surface area (Å²) < 4.78 is 2.10. The highest BCUT2D eigenvalue weighted by Gasteiger charge is 2.17. The Balaban J connectivity index is 2.12. The lowest BCUT2D eigenvalue weighted by Gasteiger charge is -2.16. The minimum atomic E-state index is 0.144. The van der Waals surface area contributed by atoms with Gasteiger partial charge < -0.3 is 0 Å². The smallest absolute Gasteiger partial charge is 0.0644 e. The van der Waals surface area contributed by atoms with Crippen molar-refractivity contribution in [2.75, 3.05) is 0 Å². The van der Waals surface area contributed by atoms with Crippen molar-refractivity contribution >= 4 is 11.3 Å². The van der Waals surface area contributed by atoms with Crippen LogP contribution in [0, 0.1) is 0 Å². The maximum Gasteiger partial charge on any atom is 0.0644 e. The van der Waals surface area contributed by atoms with Crippen LogP contribution in [-0.4, -0.2) is 9.78 Å². The number of thiophene rings is 1. The summed E-state index contributed by atoms with van der Waals surface area (Å²) >= 11 is 1.77. The van der Waals surface area contributed by atoms with Crippen LogP contribution < -0.4 is 11.3 Å². The van der Waals surface area contributed by atoms with E-state index in [-0.39, 0.29) is 6.04 Å². The Kier molecular flexibility index (Phi) is 5.96. The normalized spacial score (nSPS) is 13.0. The molecular formula is C16H26N4S. The van der Waals surface area contributed by atoms with Crippen molar-refractivity contribution in [1.82, 2.24) is 15.2 Å². The molecule has 3 N–H and O–H groups in total. The first-order chi connectivity index (χ1) is 10.2. The van der Waals surface area contributed by atoms with E-state index >= 15 is 0 Å². The van der Waals surface area contributed by atoms with Crippen molar-refractivity contribution in [2.24, 2.45) is 5.84 Å². The van der Waals surface area contributed by atoms with Gasteiger partial charge in [0, 0.05) is 17.5 Å². The van der Waals surface area contributed by atoms with Gasteiger partial charge in [0.2, 0.25) is 0 Å². The molecule has 0 fully saturated rings. The van der Waals surface area contributed by atoms with Gasteiger partial charge in [-0.15, -0.1) is 11.3 Å². The van der Waals surface area contributed by atoms with Crippen LogP contribution in [0.4, 0.5) is 0 Å². The van der Waals surface area contributed by atoms with E-state index in [1.165, 1.54) is 10.4 Å². The molecule has 0 radical (unpaired) electrons. The van der Waals surface area contributed by atoms with Crippen molar-refractivity contribution in [3.63, 3.8) is 0 Å². The summed E-state index contributed by atoms with van der Waals surface area (Å²) in [6.45, 7) is 6.60. The first-order valence-electron chi connectivity index (χ1n) is 7.79. The van der Waals surface area contributed by atoms with Crippen LogP contribution >= 0.6 is 11.3 Å². The van der Waals surface area contributed by atoms with Gasteiger partial charge in [0.05, 0.1) is 17.8 Å². The van der Waals surface area contributed by atoms with Gasteiger partial charge in [0.25, 0.3) is 0 Å². The summed E-state index contributed by atoms with van der Waals surface area (Å²) in [4.78, 5) is 1.33. The third-order valence-corrected chi connectivity index (χ3v) is 5.15. The highest BCUT2D eigenvalue weighted by Crippen LogP contribution is 2.27. The molecule has 0 aliphatic heterocycles. The van der Waals surface area contributed by atoms with Crippen molar-refractivity contribution in [3.05, 3.63) is 39.8 Å². The molecule has 21 heavy (non-hydrogen) atoms. The van der Waals surface area contributed by atoms with Gasteiger partial charge in [-0.1, -0.05) is 20.8 Å². The number of rotatable bonds is 8. The monoisotopic (exact) mass is 306 g/mol. The molecular weight excluding hydrogens is 280 g/mol. The molecule has 0 spiro atoms. The van der Waals surface area contributed by atoms with E-state index in [9.17, 15) is 0 Å². The van der Waals surface area contributed by atoms with Gasteiger partial charge in [-0.2, -0.15) is 5.10 Å². The Hall–Kier alpha value is -1.17. The van der Waals surface area contributed by atoms with Gasteiger partial charge in [0.1, 0.15) is 0 Å². The van der Waals surface area contributed by atoms with Gasteiger partial charge in [-0.25, -0.2) is 0 Å². The second-order valence-electron chi connectivity index (χ2n) is 5.34. The van der Waals surface area contributed by atoms with Crippen molar-refractivity contribution < 1.29 is 0 Å². The van der Waals surface area contributed by atoms with E-state index in [0.29, 0.717) is 6.04 Å². The van der Waals surface area contributed by atoms with Crippen LogP contribution in [0.15, 0.2) is 23.7 Å². The highest BCUT2D eigenvalue weighted by molar-refractivity contribution is 7.10. The second-order valence-corrected chi connectivity index (χ2v) is 6.29. The molecule has 2 rings (SSSR count). The summed E-state index contributed by atoms with van der Waals surface area (Å²) in [6.07, 6.45) is 6.19. The molecule has 0 amide bonds. The Labute approximate surface area is 131 Å². The lowest BCUT2D eigenvalue weighted by molar-refractivity contribution is 0.422. The van der Waals surface area contributed by atoms with Gasteiger partial charge in [0.15, 0.2) is 0 Å². The fourth-order valence-electron chi connectivity index (χ4n) is 2.73. The maximum absolute atomic E-state index is 5.78. The number of hydrogen-bond donors (Lipinski definition) is 2. The van der Waals surface area contributed by atoms with Crippen LogP contribution in [0.3, 0.4) is 0 Å². The predicted molar refractivity (Wildman–Crippen MR) is 89.3 cm³/mol. The van der Waals surface area contributed by atoms with Crippen LogP contribution in [0.1, 0.15) is 61.8 Å².